The van der Waals surface area contributed by atoms with Crippen molar-refractivity contribution in [3.63, 3.8) is 0 Å². The minimum absolute atomic E-state index is 0.0458. The van der Waals surface area contributed by atoms with Gasteiger partial charge in [-0.05, 0) is 18.8 Å². The third kappa shape index (κ3) is 2.34. The molecule has 1 heterocycles. The molecule has 1 aromatic heterocycles. The highest BCUT2D eigenvalue weighted by Gasteiger charge is 2.31. The summed E-state index contributed by atoms with van der Waals surface area (Å²) < 4.78 is 0. The number of aromatic nitrogens is 1. The molecule has 0 aromatic carbocycles. The van der Waals surface area contributed by atoms with Crippen molar-refractivity contribution in [3.05, 3.63) is 16.6 Å². The average Bonchev–Trinajstić information content (AvgIpc) is 2.55. The maximum atomic E-state index is 6.42. The summed E-state index contributed by atoms with van der Waals surface area (Å²) in [6.45, 7) is 2.31. The van der Waals surface area contributed by atoms with Gasteiger partial charge in [0, 0.05) is 23.0 Å². The Bertz CT molecular complexity index is 283. The van der Waals surface area contributed by atoms with Gasteiger partial charge in [-0.2, -0.15) is 0 Å². The van der Waals surface area contributed by atoms with E-state index in [0.29, 0.717) is 0 Å². The monoisotopic (exact) mass is 210 g/mol. The summed E-state index contributed by atoms with van der Waals surface area (Å²) in [5, 5.41) is 0. The summed E-state index contributed by atoms with van der Waals surface area (Å²) in [6.07, 6.45) is 7.96. The van der Waals surface area contributed by atoms with Crippen LogP contribution in [-0.2, 0) is 6.42 Å². The quantitative estimate of drug-likeness (QED) is 0.815. The summed E-state index contributed by atoms with van der Waals surface area (Å²) in [4.78, 5) is 5.44. The van der Waals surface area contributed by atoms with Gasteiger partial charge in [0.05, 0.1) is 5.51 Å². The van der Waals surface area contributed by atoms with Gasteiger partial charge in [0.1, 0.15) is 0 Å². The fourth-order valence-corrected chi connectivity index (χ4v) is 3.29. The second-order valence-electron chi connectivity index (χ2n) is 4.71. The molecule has 78 valence electrons. The smallest absolute Gasteiger partial charge is 0.0794 e. The highest BCUT2D eigenvalue weighted by Crippen LogP contribution is 2.33. The number of rotatable bonds is 2. The van der Waals surface area contributed by atoms with E-state index in [1.54, 1.807) is 11.3 Å². The molecule has 2 atom stereocenters. The van der Waals surface area contributed by atoms with Crippen LogP contribution in [-0.4, -0.2) is 10.5 Å². The largest absolute Gasteiger partial charge is 0.325 e. The van der Waals surface area contributed by atoms with Crippen molar-refractivity contribution in [1.29, 1.82) is 0 Å². The minimum atomic E-state index is 0.0458. The summed E-state index contributed by atoms with van der Waals surface area (Å²) in [7, 11) is 0. The summed E-state index contributed by atoms with van der Waals surface area (Å²) in [6, 6.07) is 0. The molecule has 2 rings (SSSR count). The zero-order valence-electron chi connectivity index (χ0n) is 8.70. The molecule has 3 heteroatoms. The van der Waals surface area contributed by atoms with Gasteiger partial charge in [0.25, 0.3) is 0 Å². The SMILES string of the molecule is CC1CCCC(N)(Cc2cncs2)C1. The van der Waals surface area contributed by atoms with Crippen molar-refractivity contribution >= 4 is 11.3 Å². The minimum Gasteiger partial charge on any atom is -0.325 e. The Morgan fingerprint density at radius 2 is 2.57 bits per heavy atom. The second kappa shape index (κ2) is 3.99. The molecule has 0 aliphatic heterocycles. The lowest BCUT2D eigenvalue weighted by atomic mass is 9.75. The lowest BCUT2D eigenvalue weighted by molar-refractivity contribution is 0.236. The summed E-state index contributed by atoms with van der Waals surface area (Å²) in [5.74, 6) is 0.793. The first-order valence-electron chi connectivity index (χ1n) is 5.34. The van der Waals surface area contributed by atoms with Gasteiger partial charge < -0.3 is 5.73 Å². The molecule has 1 saturated carbocycles. The van der Waals surface area contributed by atoms with Crippen LogP contribution in [0.1, 0.15) is 37.5 Å². The molecule has 1 fully saturated rings. The number of hydrogen-bond acceptors (Lipinski definition) is 3. The van der Waals surface area contributed by atoms with Crippen molar-refractivity contribution in [2.75, 3.05) is 0 Å². The van der Waals surface area contributed by atoms with Crippen molar-refractivity contribution in [2.24, 2.45) is 11.7 Å². The highest BCUT2D eigenvalue weighted by molar-refractivity contribution is 7.09. The van der Waals surface area contributed by atoms with Gasteiger partial charge in [0.2, 0.25) is 0 Å². The molecule has 2 nitrogen and oxygen atoms in total. The van der Waals surface area contributed by atoms with Crippen LogP contribution in [0, 0.1) is 5.92 Å². The van der Waals surface area contributed by atoms with Crippen LogP contribution in [0.15, 0.2) is 11.7 Å². The molecule has 0 amide bonds. The van der Waals surface area contributed by atoms with E-state index in [2.05, 4.69) is 11.9 Å². The number of nitrogens with two attached hydrogens (primary N) is 1. The van der Waals surface area contributed by atoms with Crippen LogP contribution in [0.25, 0.3) is 0 Å². The molecule has 0 spiro atoms. The lowest BCUT2D eigenvalue weighted by Gasteiger charge is -2.36. The maximum Gasteiger partial charge on any atom is 0.0794 e. The number of nitrogens with zero attached hydrogens (tertiary/aromatic N) is 1. The maximum absolute atomic E-state index is 6.42. The van der Waals surface area contributed by atoms with Crippen LogP contribution < -0.4 is 5.73 Å². The van der Waals surface area contributed by atoms with Crippen molar-refractivity contribution < 1.29 is 0 Å². The zero-order chi connectivity index (χ0) is 10.0. The van der Waals surface area contributed by atoms with Gasteiger partial charge in [-0.15, -0.1) is 11.3 Å². The first-order chi connectivity index (χ1) is 6.68. The van der Waals surface area contributed by atoms with Gasteiger partial charge in [-0.25, -0.2) is 0 Å². The predicted molar refractivity (Wildman–Crippen MR) is 60.4 cm³/mol. The predicted octanol–water partition coefficient (Wildman–Crippen LogP) is 2.59. The molecule has 0 bridgehead atoms. The normalized spacial score (nSPS) is 33.1. The van der Waals surface area contributed by atoms with Crippen LogP contribution in [0.2, 0.25) is 0 Å². The van der Waals surface area contributed by atoms with Crippen LogP contribution >= 0.6 is 11.3 Å². The number of hydrogen-bond donors (Lipinski definition) is 1. The summed E-state index contributed by atoms with van der Waals surface area (Å²) >= 11 is 1.73. The molecular formula is C11H18N2S. The van der Waals surface area contributed by atoms with E-state index in [4.69, 9.17) is 5.73 Å². The fraction of sp³-hybridized carbons (Fsp3) is 0.727. The van der Waals surface area contributed by atoms with E-state index in [0.717, 1.165) is 12.3 Å². The zero-order valence-corrected chi connectivity index (χ0v) is 9.52. The van der Waals surface area contributed by atoms with Gasteiger partial charge in [-0.1, -0.05) is 19.8 Å². The van der Waals surface area contributed by atoms with Gasteiger partial charge >= 0.3 is 0 Å². The first kappa shape index (κ1) is 10.1. The molecule has 0 radical (unpaired) electrons. The molecule has 1 aromatic rings. The Labute approximate surface area is 89.5 Å². The highest BCUT2D eigenvalue weighted by atomic mass is 32.1. The fourth-order valence-electron chi connectivity index (χ4n) is 2.54. The third-order valence-corrected chi connectivity index (χ3v) is 3.92. The molecule has 0 saturated heterocycles. The topological polar surface area (TPSA) is 38.9 Å². The lowest BCUT2D eigenvalue weighted by Crippen LogP contribution is -2.45. The van der Waals surface area contributed by atoms with Crippen LogP contribution in [0.3, 0.4) is 0 Å². The first-order valence-corrected chi connectivity index (χ1v) is 6.22. The standard InChI is InChI=1S/C11H18N2S/c1-9-3-2-4-11(12,5-9)6-10-7-13-8-14-10/h7-9H,2-6,12H2,1H3. The molecule has 14 heavy (non-hydrogen) atoms. The van der Waals surface area contributed by atoms with E-state index < -0.39 is 0 Å². The molecule has 1 aliphatic rings. The Kier molecular flexibility index (Phi) is 2.88. The van der Waals surface area contributed by atoms with E-state index in [-0.39, 0.29) is 5.54 Å². The average molecular weight is 210 g/mol. The third-order valence-electron chi connectivity index (χ3n) is 3.14. The molecule has 2 unspecified atom stereocenters. The van der Waals surface area contributed by atoms with Crippen molar-refractivity contribution in [1.82, 2.24) is 4.98 Å². The van der Waals surface area contributed by atoms with E-state index in [9.17, 15) is 0 Å². The van der Waals surface area contributed by atoms with E-state index >= 15 is 0 Å². The number of thiazole rings is 1. The van der Waals surface area contributed by atoms with Crippen LogP contribution in [0.4, 0.5) is 0 Å². The Morgan fingerprint density at radius 3 is 3.21 bits per heavy atom. The van der Waals surface area contributed by atoms with E-state index in [1.807, 2.05) is 11.7 Å². The van der Waals surface area contributed by atoms with Crippen molar-refractivity contribution in [3.8, 4) is 0 Å². The van der Waals surface area contributed by atoms with E-state index in [1.165, 1.54) is 30.6 Å². The van der Waals surface area contributed by atoms with Crippen LogP contribution in [0.5, 0.6) is 0 Å². The molecule has 1 aliphatic carbocycles. The summed E-state index contributed by atoms with van der Waals surface area (Å²) in [5.41, 5.74) is 8.36. The second-order valence-corrected chi connectivity index (χ2v) is 5.68. The Morgan fingerprint density at radius 1 is 1.71 bits per heavy atom. The van der Waals surface area contributed by atoms with Crippen molar-refractivity contribution in [2.45, 2.75) is 44.6 Å². The van der Waals surface area contributed by atoms with Gasteiger partial charge in [-0.3, -0.25) is 4.98 Å². The molecular weight excluding hydrogens is 192 g/mol. The Hall–Kier alpha value is -0.410. The molecule has 2 N–H and O–H groups in total. The Balaban J connectivity index is 2.01. The van der Waals surface area contributed by atoms with Gasteiger partial charge in [0.15, 0.2) is 0 Å².